The monoisotopic (exact) mass is 238 g/mol. The standard InChI is InChI=1S/C13H19FN2O/c1-15-8-10-5-11(14)7-13(6-10)16(2)12-3-4-17-9-12/h5-7,12,15H,3-4,8-9H2,1-2H3. The molecule has 0 spiro atoms. The molecular formula is C13H19FN2O. The lowest BCUT2D eigenvalue weighted by atomic mass is 10.1. The van der Waals surface area contributed by atoms with Gasteiger partial charge in [0.25, 0.3) is 0 Å². The number of nitrogens with one attached hydrogen (secondary N) is 1. The summed E-state index contributed by atoms with van der Waals surface area (Å²) < 4.78 is 18.9. The van der Waals surface area contributed by atoms with Gasteiger partial charge in [0.15, 0.2) is 0 Å². The van der Waals surface area contributed by atoms with Crippen LogP contribution >= 0.6 is 0 Å². The first kappa shape index (κ1) is 12.3. The average molecular weight is 238 g/mol. The summed E-state index contributed by atoms with van der Waals surface area (Å²) in [7, 11) is 3.86. The van der Waals surface area contributed by atoms with Crippen molar-refractivity contribution in [2.75, 3.05) is 32.2 Å². The zero-order valence-electron chi connectivity index (χ0n) is 10.4. The van der Waals surface area contributed by atoms with E-state index in [1.165, 1.54) is 0 Å². The third-order valence-electron chi connectivity index (χ3n) is 3.18. The maximum atomic E-state index is 13.5. The Morgan fingerprint density at radius 1 is 1.47 bits per heavy atom. The summed E-state index contributed by atoms with van der Waals surface area (Å²) in [5, 5.41) is 3.04. The summed E-state index contributed by atoms with van der Waals surface area (Å²) in [5.41, 5.74) is 1.89. The van der Waals surface area contributed by atoms with Crippen molar-refractivity contribution < 1.29 is 9.13 Å². The summed E-state index contributed by atoms with van der Waals surface area (Å²) in [5.74, 6) is -0.182. The van der Waals surface area contributed by atoms with E-state index < -0.39 is 0 Å². The number of benzene rings is 1. The van der Waals surface area contributed by atoms with Gasteiger partial charge in [0.2, 0.25) is 0 Å². The summed E-state index contributed by atoms with van der Waals surface area (Å²) in [6, 6.07) is 5.54. The van der Waals surface area contributed by atoms with Crippen LogP contribution in [-0.2, 0) is 11.3 Å². The van der Waals surface area contributed by atoms with E-state index in [0.717, 1.165) is 30.9 Å². The quantitative estimate of drug-likeness (QED) is 0.865. The zero-order valence-corrected chi connectivity index (χ0v) is 10.4. The highest BCUT2D eigenvalue weighted by Crippen LogP contribution is 2.22. The normalized spacial score (nSPS) is 19.6. The van der Waals surface area contributed by atoms with Gasteiger partial charge in [0.1, 0.15) is 5.82 Å². The van der Waals surface area contributed by atoms with Crippen LogP contribution < -0.4 is 10.2 Å². The lowest BCUT2D eigenvalue weighted by molar-refractivity contribution is 0.193. The van der Waals surface area contributed by atoms with Gasteiger partial charge >= 0.3 is 0 Å². The molecule has 17 heavy (non-hydrogen) atoms. The molecule has 1 aliphatic heterocycles. The van der Waals surface area contributed by atoms with Gasteiger partial charge < -0.3 is 15.0 Å². The minimum Gasteiger partial charge on any atom is -0.379 e. The number of hydrogen-bond acceptors (Lipinski definition) is 3. The van der Waals surface area contributed by atoms with Crippen LogP contribution in [0.2, 0.25) is 0 Å². The number of anilines is 1. The van der Waals surface area contributed by atoms with Crippen molar-refractivity contribution in [3.63, 3.8) is 0 Å². The molecule has 1 N–H and O–H groups in total. The van der Waals surface area contributed by atoms with Gasteiger partial charge in [-0.15, -0.1) is 0 Å². The Hall–Kier alpha value is -1.13. The van der Waals surface area contributed by atoms with Crippen molar-refractivity contribution in [1.29, 1.82) is 0 Å². The van der Waals surface area contributed by atoms with Gasteiger partial charge in [-0.2, -0.15) is 0 Å². The fraction of sp³-hybridized carbons (Fsp3) is 0.538. The topological polar surface area (TPSA) is 24.5 Å². The lowest BCUT2D eigenvalue weighted by Gasteiger charge is -2.26. The van der Waals surface area contributed by atoms with Gasteiger partial charge in [-0.1, -0.05) is 0 Å². The van der Waals surface area contributed by atoms with Crippen LogP contribution in [0, 0.1) is 5.82 Å². The Labute approximate surface area is 102 Å². The SMILES string of the molecule is CNCc1cc(F)cc(N(C)C2CCOC2)c1. The minimum atomic E-state index is -0.182. The first-order valence-electron chi connectivity index (χ1n) is 5.95. The van der Waals surface area contributed by atoms with E-state index in [0.29, 0.717) is 12.6 Å². The van der Waals surface area contributed by atoms with Crippen LogP contribution in [0.15, 0.2) is 18.2 Å². The number of nitrogens with zero attached hydrogens (tertiary/aromatic N) is 1. The highest BCUT2D eigenvalue weighted by atomic mass is 19.1. The van der Waals surface area contributed by atoms with Crippen LogP contribution in [0.25, 0.3) is 0 Å². The largest absolute Gasteiger partial charge is 0.379 e. The highest BCUT2D eigenvalue weighted by molar-refractivity contribution is 5.49. The van der Waals surface area contributed by atoms with Gasteiger partial charge in [-0.25, -0.2) is 4.39 Å². The first-order chi connectivity index (χ1) is 8.20. The summed E-state index contributed by atoms with van der Waals surface area (Å²) in [6.45, 7) is 2.21. The lowest BCUT2D eigenvalue weighted by Crippen LogP contribution is -2.31. The van der Waals surface area contributed by atoms with Crippen molar-refractivity contribution >= 4 is 5.69 Å². The van der Waals surface area contributed by atoms with Crippen LogP contribution in [-0.4, -0.2) is 33.4 Å². The second-order valence-electron chi connectivity index (χ2n) is 4.48. The molecule has 0 radical (unpaired) electrons. The fourth-order valence-corrected chi connectivity index (χ4v) is 2.18. The predicted octanol–water partition coefficient (Wildman–Crippen LogP) is 1.77. The molecule has 3 nitrogen and oxygen atoms in total. The third-order valence-corrected chi connectivity index (χ3v) is 3.18. The molecule has 2 rings (SSSR count). The molecule has 1 heterocycles. The Balaban J connectivity index is 2.18. The maximum Gasteiger partial charge on any atom is 0.125 e. The molecule has 0 aromatic heterocycles. The molecule has 1 atom stereocenters. The Morgan fingerprint density at radius 3 is 2.94 bits per heavy atom. The molecule has 0 saturated carbocycles. The molecule has 94 valence electrons. The molecule has 1 aromatic carbocycles. The molecule has 1 unspecified atom stereocenters. The number of halogens is 1. The van der Waals surface area contributed by atoms with E-state index >= 15 is 0 Å². The van der Waals surface area contributed by atoms with Crippen molar-refractivity contribution in [1.82, 2.24) is 5.32 Å². The van der Waals surface area contributed by atoms with Gasteiger partial charge in [0, 0.05) is 25.9 Å². The van der Waals surface area contributed by atoms with E-state index in [4.69, 9.17) is 4.74 Å². The summed E-state index contributed by atoms with van der Waals surface area (Å²) >= 11 is 0. The van der Waals surface area contributed by atoms with Crippen molar-refractivity contribution in [2.45, 2.75) is 19.0 Å². The van der Waals surface area contributed by atoms with Gasteiger partial charge in [0.05, 0.1) is 12.6 Å². The number of ether oxygens (including phenoxy) is 1. The van der Waals surface area contributed by atoms with E-state index in [1.807, 2.05) is 20.2 Å². The smallest absolute Gasteiger partial charge is 0.125 e. The molecule has 1 aliphatic rings. The molecule has 1 aromatic rings. The van der Waals surface area contributed by atoms with E-state index in [1.54, 1.807) is 12.1 Å². The predicted molar refractivity (Wildman–Crippen MR) is 66.8 cm³/mol. The van der Waals surface area contributed by atoms with Crippen molar-refractivity contribution in [3.05, 3.63) is 29.6 Å². The number of hydrogen-bond donors (Lipinski definition) is 1. The molecule has 0 amide bonds. The van der Waals surface area contributed by atoms with Crippen molar-refractivity contribution in [2.24, 2.45) is 0 Å². The fourth-order valence-electron chi connectivity index (χ4n) is 2.18. The van der Waals surface area contributed by atoms with Gasteiger partial charge in [-0.3, -0.25) is 0 Å². The van der Waals surface area contributed by atoms with Crippen LogP contribution in [0.1, 0.15) is 12.0 Å². The molecule has 0 aliphatic carbocycles. The van der Waals surface area contributed by atoms with Gasteiger partial charge in [-0.05, 0) is 37.2 Å². The van der Waals surface area contributed by atoms with E-state index in [-0.39, 0.29) is 5.82 Å². The van der Waals surface area contributed by atoms with Crippen LogP contribution in [0.4, 0.5) is 10.1 Å². The summed E-state index contributed by atoms with van der Waals surface area (Å²) in [6.07, 6.45) is 1.01. The Bertz CT molecular complexity index is 378. The molecule has 0 bridgehead atoms. The maximum absolute atomic E-state index is 13.5. The Kier molecular flexibility index (Phi) is 3.97. The van der Waals surface area contributed by atoms with Crippen LogP contribution in [0.5, 0.6) is 0 Å². The van der Waals surface area contributed by atoms with Crippen molar-refractivity contribution in [3.8, 4) is 0 Å². The molecule has 1 fully saturated rings. The van der Waals surface area contributed by atoms with E-state index in [9.17, 15) is 4.39 Å². The average Bonchev–Trinajstić information content (AvgIpc) is 2.81. The molecular weight excluding hydrogens is 219 g/mol. The number of rotatable bonds is 4. The second-order valence-corrected chi connectivity index (χ2v) is 4.48. The number of likely N-dealkylation sites (N-methyl/N-ethyl adjacent to an activating group) is 1. The highest BCUT2D eigenvalue weighted by Gasteiger charge is 2.21. The van der Waals surface area contributed by atoms with E-state index in [2.05, 4.69) is 10.2 Å². The molecule has 4 heteroatoms. The summed E-state index contributed by atoms with van der Waals surface area (Å²) in [4.78, 5) is 2.11. The Morgan fingerprint density at radius 2 is 2.29 bits per heavy atom. The second kappa shape index (κ2) is 5.47. The third kappa shape index (κ3) is 2.96. The molecule has 1 saturated heterocycles. The zero-order chi connectivity index (χ0) is 12.3. The first-order valence-corrected chi connectivity index (χ1v) is 5.95. The minimum absolute atomic E-state index is 0.182. The van der Waals surface area contributed by atoms with Crippen LogP contribution in [0.3, 0.4) is 0 Å².